The zero-order valence-electron chi connectivity index (χ0n) is 13.1. The first kappa shape index (κ1) is 19.8. The maximum Gasteiger partial charge on any atom is 0.264 e. The van der Waals surface area contributed by atoms with Crippen molar-refractivity contribution < 1.29 is 36.7 Å². The summed E-state index contributed by atoms with van der Waals surface area (Å²) >= 11 is 0. The Labute approximate surface area is 131 Å². The van der Waals surface area contributed by atoms with E-state index in [0.29, 0.717) is 12.8 Å². The van der Waals surface area contributed by atoms with Crippen LogP contribution >= 0.6 is 0 Å². The Morgan fingerprint density at radius 2 is 1.36 bits per heavy atom. The summed E-state index contributed by atoms with van der Waals surface area (Å²) < 4.78 is 56.6. The first-order valence-electron chi connectivity index (χ1n) is 7.22. The van der Waals surface area contributed by atoms with Gasteiger partial charge in [0.1, 0.15) is 13.6 Å². The van der Waals surface area contributed by atoms with Gasteiger partial charge in [-0.15, -0.1) is 0 Å². The van der Waals surface area contributed by atoms with Crippen molar-refractivity contribution in [3.05, 3.63) is 0 Å². The van der Waals surface area contributed by atoms with Crippen LogP contribution in [0.1, 0.15) is 25.7 Å². The lowest BCUT2D eigenvalue weighted by atomic mass is 9.92. The molecular weight excluding hydrogens is 316 g/mol. The fourth-order valence-corrected chi connectivity index (χ4v) is 2.88. The zero-order valence-corrected chi connectivity index (χ0v) is 13.9. The molecule has 0 amide bonds. The van der Waals surface area contributed by atoms with Crippen molar-refractivity contribution in [2.75, 3.05) is 40.2 Å². The van der Waals surface area contributed by atoms with Crippen LogP contribution in [0.15, 0.2) is 0 Å². The summed E-state index contributed by atoms with van der Waals surface area (Å²) in [4.78, 5) is 0. The highest BCUT2D eigenvalue weighted by Crippen LogP contribution is 2.26. The third kappa shape index (κ3) is 8.99. The van der Waals surface area contributed by atoms with E-state index in [9.17, 15) is 8.42 Å². The minimum absolute atomic E-state index is 0.0397. The van der Waals surface area contributed by atoms with Crippen molar-refractivity contribution in [1.82, 2.24) is 0 Å². The van der Waals surface area contributed by atoms with Gasteiger partial charge in [-0.2, -0.15) is 8.42 Å². The third-order valence-corrected chi connectivity index (χ3v) is 4.13. The molecule has 0 heterocycles. The molecule has 1 fully saturated rings. The highest BCUT2D eigenvalue weighted by molar-refractivity contribution is 7.85. The largest absolute Gasteiger partial charge is 0.378 e. The van der Waals surface area contributed by atoms with E-state index in [1.165, 1.54) is 0 Å². The monoisotopic (exact) mass is 342 g/mol. The second-order valence-electron chi connectivity index (χ2n) is 5.23. The quantitative estimate of drug-likeness (QED) is 0.334. The van der Waals surface area contributed by atoms with Crippen molar-refractivity contribution in [2.45, 2.75) is 44.0 Å². The Morgan fingerprint density at radius 3 is 1.77 bits per heavy atom. The van der Waals surface area contributed by atoms with E-state index in [2.05, 4.69) is 0 Å². The minimum atomic E-state index is -3.94. The molecule has 0 saturated heterocycles. The van der Waals surface area contributed by atoms with Gasteiger partial charge in [-0.25, -0.2) is 0 Å². The average Bonchev–Trinajstić information content (AvgIpc) is 2.46. The molecule has 0 bridgehead atoms. The molecule has 0 aliphatic heterocycles. The van der Waals surface area contributed by atoms with Crippen molar-refractivity contribution in [3.63, 3.8) is 0 Å². The zero-order chi connectivity index (χ0) is 16.4. The van der Waals surface area contributed by atoms with E-state index in [1.807, 2.05) is 0 Å². The normalized spacial score (nSPS) is 26.2. The summed E-state index contributed by atoms with van der Waals surface area (Å²) in [7, 11) is -0.814. The average molecular weight is 342 g/mol. The molecule has 1 saturated carbocycles. The van der Waals surface area contributed by atoms with Gasteiger partial charge < -0.3 is 23.7 Å². The smallest absolute Gasteiger partial charge is 0.264 e. The van der Waals surface area contributed by atoms with Gasteiger partial charge in [-0.3, -0.25) is 4.55 Å². The number of rotatable bonds is 11. The van der Waals surface area contributed by atoms with Crippen LogP contribution in [0, 0.1) is 0 Å². The molecule has 1 rings (SSSR count). The van der Waals surface area contributed by atoms with Gasteiger partial charge in [0.2, 0.25) is 0 Å². The highest BCUT2D eigenvalue weighted by atomic mass is 32.2. The molecule has 0 radical (unpaired) electrons. The van der Waals surface area contributed by atoms with Crippen LogP contribution in [0.2, 0.25) is 0 Å². The lowest BCUT2D eigenvalue weighted by Gasteiger charge is -2.34. The Kier molecular flexibility index (Phi) is 9.41. The molecule has 2 unspecified atom stereocenters. The predicted octanol–water partition coefficient (Wildman–Crippen LogP) is 0.812. The van der Waals surface area contributed by atoms with Crippen LogP contribution in [0.4, 0.5) is 0 Å². The second kappa shape index (κ2) is 10.5. The van der Waals surface area contributed by atoms with Crippen molar-refractivity contribution in [1.29, 1.82) is 0 Å². The van der Waals surface area contributed by atoms with Gasteiger partial charge in [-0.1, -0.05) is 0 Å². The standard InChI is InChI=1S/C13H26O8S/c1-17-9-20-12-6-11(7-13(8-12)21-10-18-2)19-4-3-5-22(14,15)16/h11-13H,3-10H2,1-2H3,(H,14,15,16). The van der Waals surface area contributed by atoms with Gasteiger partial charge in [0.15, 0.2) is 0 Å². The van der Waals surface area contributed by atoms with Crippen LogP contribution in [0.25, 0.3) is 0 Å². The molecule has 1 N–H and O–H groups in total. The molecule has 1 aliphatic carbocycles. The predicted molar refractivity (Wildman–Crippen MR) is 78.1 cm³/mol. The summed E-state index contributed by atoms with van der Waals surface area (Å²) in [6.07, 6.45) is 2.22. The van der Waals surface area contributed by atoms with Gasteiger partial charge in [-0.05, 0) is 6.42 Å². The maximum absolute atomic E-state index is 10.7. The van der Waals surface area contributed by atoms with Crippen LogP contribution in [-0.2, 0) is 33.8 Å². The topological polar surface area (TPSA) is 101 Å². The summed E-state index contributed by atoms with van der Waals surface area (Å²) in [5, 5.41) is 0. The Morgan fingerprint density at radius 1 is 0.909 bits per heavy atom. The number of hydrogen-bond acceptors (Lipinski definition) is 7. The van der Waals surface area contributed by atoms with Crippen LogP contribution in [-0.4, -0.2) is 71.4 Å². The molecule has 0 aromatic carbocycles. The number of methoxy groups -OCH3 is 2. The molecule has 9 heteroatoms. The highest BCUT2D eigenvalue weighted by Gasteiger charge is 2.30. The first-order chi connectivity index (χ1) is 10.4. The second-order valence-corrected chi connectivity index (χ2v) is 6.80. The summed E-state index contributed by atoms with van der Waals surface area (Å²) in [6.45, 7) is 0.673. The molecule has 22 heavy (non-hydrogen) atoms. The molecular formula is C13H26O8S. The van der Waals surface area contributed by atoms with E-state index >= 15 is 0 Å². The number of ether oxygens (including phenoxy) is 5. The molecule has 0 aromatic heterocycles. The molecule has 0 aromatic rings. The fourth-order valence-electron chi connectivity index (χ4n) is 2.40. The van der Waals surface area contributed by atoms with Gasteiger partial charge in [0, 0.05) is 40.1 Å². The summed E-state index contributed by atoms with van der Waals surface area (Å²) in [5.41, 5.74) is 0. The fraction of sp³-hybridized carbons (Fsp3) is 1.00. The summed E-state index contributed by atoms with van der Waals surface area (Å²) in [5.74, 6) is -0.299. The van der Waals surface area contributed by atoms with Crippen molar-refractivity contribution in [2.24, 2.45) is 0 Å². The van der Waals surface area contributed by atoms with E-state index in [0.717, 1.165) is 6.42 Å². The SMILES string of the molecule is COCOC1CC(OCCCS(=O)(=O)O)CC(OCOC)C1. The molecule has 8 nitrogen and oxygen atoms in total. The molecule has 0 spiro atoms. The lowest BCUT2D eigenvalue weighted by Crippen LogP contribution is -2.38. The first-order valence-corrected chi connectivity index (χ1v) is 8.83. The Balaban J connectivity index is 2.38. The van der Waals surface area contributed by atoms with E-state index in [-0.39, 0.29) is 50.7 Å². The van der Waals surface area contributed by atoms with Gasteiger partial charge in [0.25, 0.3) is 10.1 Å². The van der Waals surface area contributed by atoms with Crippen LogP contribution < -0.4 is 0 Å². The third-order valence-electron chi connectivity index (χ3n) is 3.32. The van der Waals surface area contributed by atoms with Gasteiger partial charge >= 0.3 is 0 Å². The lowest BCUT2D eigenvalue weighted by molar-refractivity contribution is -0.155. The maximum atomic E-state index is 10.7. The number of hydrogen-bond donors (Lipinski definition) is 1. The molecule has 132 valence electrons. The van der Waals surface area contributed by atoms with Crippen molar-refractivity contribution in [3.8, 4) is 0 Å². The van der Waals surface area contributed by atoms with E-state index in [1.54, 1.807) is 14.2 Å². The van der Waals surface area contributed by atoms with Crippen molar-refractivity contribution >= 4 is 10.1 Å². The summed E-state index contributed by atoms with van der Waals surface area (Å²) in [6, 6.07) is 0. The van der Waals surface area contributed by atoms with Crippen LogP contribution in [0.5, 0.6) is 0 Å². The van der Waals surface area contributed by atoms with E-state index < -0.39 is 10.1 Å². The van der Waals surface area contributed by atoms with Gasteiger partial charge in [0.05, 0.1) is 24.1 Å². The minimum Gasteiger partial charge on any atom is -0.378 e. The Bertz CT molecular complexity index is 370. The molecule has 1 aliphatic rings. The Hall–Kier alpha value is -0.290. The molecule has 2 atom stereocenters. The van der Waals surface area contributed by atoms with E-state index in [4.69, 9.17) is 28.2 Å². The van der Waals surface area contributed by atoms with Crippen LogP contribution in [0.3, 0.4) is 0 Å².